The maximum absolute atomic E-state index is 12.0. The monoisotopic (exact) mass is 348 g/mol. The molecule has 2 aromatic rings. The summed E-state index contributed by atoms with van der Waals surface area (Å²) in [5.74, 6) is 0.0186. The molecule has 6 nitrogen and oxygen atoms in total. The molecule has 0 spiro atoms. The fourth-order valence-electron chi connectivity index (χ4n) is 2.83. The van der Waals surface area contributed by atoms with Gasteiger partial charge >= 0.3 is 0 Å². The lowest BCUT2D eigenvalue weighted by molar-refractivity contribution is -0.121. The van der Waals surface area contributed by atoms with E-state index in [0.29, 0.717) is 30.2 Å². The number of benzene rings is 1. The van der Waals surface area contributed by atoms with Gasteiger partial charge in [-0.15, -0.1) is 0 Å². The molecule has 0 fully saturated rings. The average Bonchev–Trinajstić information content (AvgIpc) is 3.01. The van der Waals surface area contributed by atoms with Crippen LogP contribution in [-0.2, 0) is 31.0 Å². The smallest absolute Gasteiger partial charge is 0.221 e. The van der Waals surface area contributed by atoms with Crippen molar-refractivity contribution < 1.29 is 9.90 Å². The summed E-state index contributed by atoms with van der Waals surface area (Å²) in [7, 11) is 0. The van der Waals surface area contributed by atoms with Crippen LogP contribution in [0, 0.1) is 0 Å². The molecule has 1 aromatic carbocycles. The number of halogens is 1. The highest BCUT2D eigenvalue weighted by atomic mass is 35.5. The van der Waals surface area contributed by atoms with Crippen LogP contribution in [0.2, 0.25) is 5.02 Å². The Morgan fingerprint density at radius 2 is 2.17 bits per heavy atom. The number of carbonyl (C=O) groups is 1. The Morgan fingerprint density at radius 1 is 1.33 bits per heavy atom. The lowest BCUT2D eigenvalue weighted by Crippen LogP contribution is -2.36. The number of carbonyl (C=O) groups excluding carboxylic acids is 1. The van der Waals surface area contributed by atoms with Crippen molar-refractivity contribution in [1.82, 2.24) is 20.0 Å². The maximum Gasteiger partial charge on any atom is 0.221 e. The van der Waals surface area contributed by atoms with Gasteiger partial charge < -0.3 is 10.4 Å². The molecule has 0 unspecified atom stereocenters. The molecular weight excluding hydrogens is 328 g/mol. The van der Waals surface area contributed by atoms with E-state index in [9.17, 15) is 4.79 Å². The Balaban J connectivity index is 1.44. The average molecular weight is 349 g/mol. The summed E-state index contributed by atoms with van der Waals surface area (Å²) in [6.07, 6.45) is 0.450. The Kier molecular flexibility index (Phi) is 5.50. The predicted molar refractivity (Wildman–Crippen MR) is 91.3 cm³/mol. The van der Waals surface area contributed by atoms with Gasteiger partial charge in [0.1, 0.15) is 0 Å². The lowest BCUT2D eigenvalue weighted by Gasteiger charge is -2.27. The Morgan fingerprint density at radius 3 is 2.96 bits per heavy atom. The molecule has 1 amide bonds. The summed E-state index contributed by atoms with van der Waals surface area (Å²) >= 11 is 6.08. The number of aliphatic hydroxyl groups is 1. The molecule has 0 atom stereocenters. The highest BCUT2D eigenvalue weighted by molar-refractivity contribution is 6.31. The molecule has 0 radical (unpaired) electrons. The molecule has 7 heteroatoms. The number of nitrogens with one attached hydrogen (secondary N) is 1. The number of rotatable bonds is 6. The topological polar surface area (TPSA) is 70.4 Å². The van der Waals surface area contributed by atoms with E-state index in [1.54, 1.807) is 0 Å². The highest BCUT2D eigenvalue weighted by Gasteiger charge is 2.18. The second kappa shape index (κ2) is 7.79. The molecular formula is C17H21ClN4O2. The van der Waals surface area contributed by atoms with Gasteiger partial charge in [-0.05, 0) is 17.7 Å². The van der Waals surface area contributed by atoms with Crippen molar-refractivity contribution in [1.29, 1.82) is 0 Å². The molecule has 1 aliphatic heterocycles. The van der Waals surface area contributed by atoms with Crippen LogP contribution >= 0.6 is 11.6 Å². The van der Waals surface area contributed by atoms with Gasteiger partial charge in [0, 0.05) is 37.6 Å². The molecule has 2 N–H and O–H groups in total. The van der Waals surface area contributed by atoms with Gasteiger partial charge in [-0.1, -0.05) is 29.8 Å². The first-order chi connectivity index (χ1) is 11.7. The molecule has 0 saturated carbocycles. The van der Waals surface area contributed by atoms with Gasteiger partial charge in [-0.3, -0.25) is 14.4 Å². The van der Waals surface area contributed by atoms with Crippen molar-refractivity contribution in [2.24, 2.45) is 0 Å². The lowest BCUT2D eigenvalue weighted by atomic mass is 10.2. The SMILES string of the molecule is O=C(CCN1CCn2nc(CO)cc2C1)NCc1ccccc1Cl. The first-order valence-electron chi connectivity index (χ1n) is 8.04. The normalized spacial score (nSPS) is 14.4. The number of amides is 1. The number of hydrogen-bond acceptors (Lipinski definition) is 4. The third kappa shape index (κ3) is 4.14. The van der Waals surface area contributed by atoms with Crippen molar-refractivity contribution in [2.45, 2.75) is 32.7 Å². The van der Waals surface area contributed by atoms with Crippen molar-refractivity contribution in [3.8, 4) is 0 Å². The van der Waals surface area contributed by atoms with Crippen LogP contribution in [-0.4, -0.2) is 38.8 Å². The first kappa shape index (κ1) is 17.0. The summed E-state index contributed by atoms with van der Waals surface area (Å²) < 4.78 is 1.93. The fraction of sp³-hybridized carbons (Fsp3) is 0.412. The third-order valence-electron chi connectivity index (χ3n) is 4.18. The van der Waals surface area contributed by atoms with Gasteiger partial charge in [-0.25, -0.2) is 0 Å². The van der Waals surface area contributed by atoms with Gasteiger partial charge in [0.2, 0.25) is 5.91 Å². The van der Waals surface area contributed by atoms with Crippen molar-refractivity contribution >= 4 is 17.5 Å². The summed E-state index contributed by atoms with van der Waals surface area (Å²) in [6, 6.07) is 9.43. The number of fused-ring (bicyclic) bond motifs is 1. The fourth-order valence-corrected chi connectivity index (χ4v) is 3.03. The van der Waals surface area contributed by atoms with Gasteiger partial charge in [0.15, 0.2) is 0 Å². The van der Waals surface area contributed by atoms with Crippen LogP contribution in [0.5, 0.6) is 0 Å². The molecule has 24 heavy (non-hydrogen) atoms. The van der Waals surface area contributed by atoms with Crippen LogP contribution in [0.25, 0.3) is 0 Å². The van der Waals surface area contributed by atoms with Crippen molar-refractivity contribution in [3.63, 3.8) is 0 Å². The van der Waals surface area contributed by atoms with E-state index >= 15 is 0 Å². The van der Waals surface area contributed by atoms with E-state index in [2.05, 4.69) is 15.3 Å². The van der Waals surface area contributed by atoms with E-state index in [1.807, 2.05) is 35.0 Å². The zero-order chi connectivity index (χ0) is 16.9. The van der Waals surface area contributed by atoms with Crippen molar-refractivity contribution in [2.75, 3.05) is 13.1 Å². The maximum atomic E-state index is 12.0. The van der Waals surface area contributed by atoms with Crippen LogP contribution in [0.1, 0.15) is 23.4 Å². The Bertz CT molecular complexity index is 716. The largest absolute Gasteiger partial charge is 0.390 e. The van der Waals surface area contributed by atoms with E-state index in [4.69, 9.17) is 16.7 Å². The minimum absolute atomic E-state index is 0.0186. The van der Waals surface area contributed by atoms with Gasteiger partial charge in [0.25, 0.3) is 0 Å². The summed E-state index contributed by atoms with van der Waals surface area (Å²) in [6.45, 7) is 3.52. The minimum Gasteiger partial charge on any atom is -0.390 e. The van der Waals surface area contributed by atoms with E-state index in [-0.39, 0.29) is 12.5 Å². The summed E-state index contributed by atoms with van der Waals surface area (Å²) in [4.78, 5) is 14.3. The van der Waals surface area contributed by atoms with E-state index in [1.165, 1.54) is 0 Å². The minimum atomic E-state index is -0.0373. The molecule has 128 valence electrons. The standard InChI is InChI=1S/C17H21ClN4O2/c18-16-4-2-1-3-13(16)10-19-17(24)5-6-21-7-8-22-15(11-21)9-14(12-23)20-22/h1-4,9,23H,5-8,10-12H2,(H,19,24). The molecule has 0 saturated heterocycles. The number of hydrogen-bond donors (Lipinski definition) is 2. The number of aromatic nitrogens is 2. The van der Waals surface area contributed by atoms with E-state index < -0.39 is 0 Å². The molecule has 2 heterocycles. The second-order valence-corrected chi connectivity index (χ2v) is 6.31. The van der Waals surface area contributed by atoms with Crippen LogP contribution in [0.15, 0.2) is 30.3 Å². The molecule has 0 bridgehead atoms. The van der Waals surface area contributed by atoms with Crippen LogP contribution in [0.3, 0.4) is 0 Å². The van der Waals surface area contributed by atoms with Crippen LogP contribution < -0.4 is 5.32 Å². The third-order valence-corrected chi connectivity index (χ3v) is 4.55. The van der Waals surface area contributed by atoms with Gasteiger partial charge in [-0.2, -0.15) is 5.10 Å². The Labute approximate surface area is 146 Å². The second-order valence-electron chi connectivity index (χ2n) is 5.90. The molecule has 3 rings (SSSR count). The summed E-state index contributed by atoms with van der Waals surface area (Å²) in [5, 5.41) is 17.0. The molecule has 0 aliphatic carbocycles. The number of aliphatic hydroxyl groups excluding tert-OH is 1. The molecule has 1 aromatic heterocycles. The zero-order valence-electron chi connectivity index (χ0n) is 13.4. The molecule has 1 aliphatic rings. The first-order valence-corrected chi connectivity index (χ1v) is 8.42. The predicted octanol–water partition coefficient (Wildman–Crippen LogP) is 1.55. The van der Waals surface area contributed by atoms with E-state index in [0.717, 1.165) is 30.9 Å². The van der Waals surface area contributed by atoms with Crippen molar-refractivity contribution in [3.05, 3.63) is 52.3 Å². The van der Waals surface area contributed by atoms with Gasteiger partial charge in [0.05, 0.1) is 24.5 Å². The summed E-state index contributed by atoms with van der Waals surface area (Å²) in [5.41, 5.74) is 2.71. The zero-order valence-corrected chi connectivity index (χ0v) is 14.2. The highest BCUT2D eigenvalue weighted by Crippen LogP contribution is 2.15. The quantitative estimate of drug-likeness (QED) is 0.831. The Hall–Kier alpha value is -1.89. The van der Waals surface area contributed by atoms with Crippen LogP contribution in [0.4, 0.5) is 0 Å². The number of nitrogens with zero attached hydrogens (tertiary/aromatic N) is 3.